The second kappa shape index (κ2) is 4.15. The monoisotopic (exact) mass is 220 g/mol. The van der Waals surface area contributed by atoms with E-state index in [-0.39, 0.29) is 12.3 Å². The number of halogens is 2. The van der Waals surface area contributed by atoms with Crippen molar-refractivity contribution < 1.29 is 5.11 Å². The number of hydrogen-bond acceptors (Lipinski definition) is 3. The Labute approximate surface area is 86.2 Å². The molecule has 0 amide bonds. The molecule has 72 valence electrons. The van der Waals surface area contributed by atoms with Crippen molar-refractivity contribution in [1.82, 2.24) is 0 Å². The highest BCUT2D eigenvalue weighted by Gasteiger charge is 2.11. The first-order chi connectivity index (χ1) is 6.06. The lowest BCUT2D eigenvalue weighted by Gasteiger charge is -2.11. The van der Waals surface area contributed by atoms with E-state index in [4.69, 9.17) is 34.7 Å². The van der Waals surface area contributed by atoms with E-state index < -0.39 is 6.04 Å². The summed E-state index contributed by atoms with van der Waals surface area (Å²) in [6.07, 6.45) is 0. The molecule has 0 aliphatic carbocycles. The maximum atomic E-state index is 9.44. The highest BCUT2D eigenvalue weighted by Crippen LogP contribution is 2.32. The van der Waals surface area contributed by atoms with Crippen molar-refractivity contribution in [3.63, 3.8) is 0 Å². The number of phenols is 1. The molecule has 1 atom stereocenters. The molecule has 0 saturated heterocycles. The van der Waals surface area contributed by atoms with Gasteiger partial charge in [0.15, 0.2) is 0 Å². The van der Waals surface area contributed by atoms with Crippen LogP contribution in [0.2, 0.25) is 10.0 Å². The lowest BCUT2D eigenvalue weighted by Crippen LogP contribution is -2.20. The van der Waals surface area contributed by atoms with Crippen LogP contribution in [0.25, 0.3) is 0 Å². The van der Waals surface area contributed by atoms with Gasteiger partial charge in [-0.3, -0.25) is 0 Å². The van der Waals surface area contributed by atoms with Crippen LogP contribution in [-0.2, 0) is 0 Å². The number of rotatable bonds is 2. The molecule has 0 bridgehead atoms. The van der Waals surface area contributed by atoms with Gasteiger partial charge in [0.25, 0.3) is 0 Å². The summed E-state index contributed by atoms with van der Waals surface area (Å²) in [6.45, 7) is 0.242. The molecular formula is C8H10Cl2N2O. The molecule has 3 nitrogen and oxygen atoms in total. The Morgan fingerprint density at radius 2 is 1.85 bits per heavy atom. The number of nitrogens with two attached hydrogens (primary N) is 2. The van der Waals surface area contributed by atoms with Gasteiger partial charge in [0, 0.05) is 24.2 Å². The Morgan fingerprint density at radius 3 is 2.38 bits per heavy atom. The second-order valence-electron chi connectivity index (χ2n) is 2.67. The third-order valence-corrected chi connectivity index (χ3v) is 2.45. The zero-order valence-electron chi connectivity index (χ0n) is 6.80. The minimum absolute atomic E-state index is 0.0207. The van der Waals surface area contributed by atoms with Gasteiger partial charge in [-0.2, -0.15) is 0 Å². The fraction of sp³-hybridized carbons (Fsp3) is 0.250. The molecule has 5 N–H and O–H groups in total. The minimum atomic E-state index is -0.422. The third-order valence-electron chi connectivity index (χ3n) is 1.72. The van der Waals surface area contributed by atoms with E-state index in [1.807, 2.05) is 0 Å². The SMILES string of the molecule is NC[C@@H](N)c1cc(Cl)c(Cl)cc1O. The van der Waals surface area contributed by atoms with E-state index in [1.165, 1.54) is 12.1 Å². The largest absolute Gasteiger partial charge is 0.508 e. The first-order valence-corrected chi connectivity index (χ1v) is 4.45. The van der Waals surface area contributed by atoms with Crippen LogP contribution in [0.1, 0.15) is 11.6 Å². The molecule has 5 heteroatoms. The zero-order valence-corrected chi connectivity index (χ0v) is 8.31. The standard InChI is InChI=1S/C8H10Cl2N2O/c9-5-1-4(7(12)3-11)8(13)2-6(5)10/h1-2,7,13H,3,11-12H2/t7-/m1/s1. The van der Waals surface area contributed by atoms with Crippen LogP contribution in [0.4, 0.5) is 0 Å². The van der Waals surface area contributed by atoms with Crippen LogP contribution in [0.15, 0.2) is 12.1 Å². The molecule has 0 aromatic heterocycles. The summed E-state index contributed by atoms with van der Waals surface area (Å²) in [5, 5.41) is 10.1. The number of aromatic hydroxyl groups is 1. The molecule has 0 radical (unpaired) electrons. The van der Waals surface area contributed by atoms with Crippen molar-refractivity contribution in [3.8, 4) is 5.75 Å². The lowest BCUT2D eigenvalue weighted by atomic mass is 10.1. The van der Waals surface area contributed by atoms with Crippen molar-refractivity contribution in [2.45, 2.75) is 6.04 Å². The molecule has 0 aliphatic heterocycles. The van der Waals surface area contributed by atoms with Gasteiger partial charge >= 0.3 is 0 Å². The van der Waals surface area contributed by atoms with Gasteiger partial charge in [-0.1, -0.05) is 23.2 Å². The summed E-state index contributed by atoms with van der Waals surface area (Å²) < 4.78 is 0. The van der Waals surface area contributed by atoms with Gasteiger partial charge in [-0.05, 0) is 6.07 Å². The normalized spacial score (nSPS) is 12.9. The molecule has 0 fully saturated rings. The van der Waals surface area contributed by atoms with E-state index >= 15 is 0 Å². The van der Waals surface area contributed by atoms with Gasteiger partial charge < -0.3 is 16.6 Å². The summed E-state index contributed by atoms with van der Waals surface area (Å²) in [5.41, 5.74) is 11.5. The summed E-state index contributed by atoms with van der Waals surface area (Å²) >= 11 is 11.4. The van der Waals surface area contributed by atoms with Crippen molar-refractivity contribution in [2.75, 3.05) is 6.54 Å². The number of benzene rings is 1. The molecule has 0 aliphatic rings. The van der Waals surface area contributed by atoms with Gasteiger partial charge in [-0.25, -0.2) is 0 Å². The topological polar surface area (TPSA) is 72.3 Å². The highest BCUT2D eigenvalue weighted by atomic mass is 35.5. The van der Waals surface area contributed by atoms with Crippen molar-refractivity contribution >= 4 is 23.2 Å². The Kier molecular flexibility index (Phi) is 3.39. The van der Waals surface area contributed by atoms with Crippen LogP contribution in [-0.4, -0.2) is 11.7 Å². The van der Waals surface area contributed by atoms with Gasteiger partial charge in [-0.15, -0.1) is 0 Å². The van der Waals surface area contributed by atoms with Crippen LogP contribution in [0.5, 0.6) is 5.75 Å². The molecule has 1 aromatic carbocycles. The first kappa shape index (κ1) is 10.6. The van der Waals surface area contributed by atoms with E-state index in [0.717, 1.165) is 0 Å². The second-order valence-corrected chi connectivity index (χ2v) is 3.48. The van der Waals surface area contributed by atoms with Crippen molar-refractivity contribution in [2.24, 2.45) is 11.5 Å². The average molecular weight is 221 g/mol. The van der Waals surface area contributed by atoms with E-state index in [1.54, 1.807) is 0 Å². The van der Waals surface area contributed by atoms with Crippen LogP contribution >= 0.6 is 23.2 Å². The fourth-order valence-corrected chi connectivity index (χ4v) is 1.31. The van der Waals surface area contributed by atoms with Gasteiger partial charge in [0.1, 0.15) is 5.75 Å². The first-order valence-electron chi connectivity index (χ1n) is 3.69. The van der Waals surface area contributed by atoms with E-state index in [2.05, 4.69) is 0 Å². The van der Waals surface area contributed by atoms with Gasteiger partial charge in [0.05, 0.1) is 10.0 Å². The van der Waals surface area contributed by atoms with Gasteiger partial charge in [0.2, 0.25) is 0 Å². The molecule has 1 rings (SSSR count). The summed E-state index contributed by atoms with van der Waals surface area (Å²) in [4.78, 5) is 0. The quantitative estimate of drug-likeness (QED) is 0.710. The molecule has 1 aromatic rings. The maximum absolute atomic E-state index is 9.44. The summed E-state index contributed by atoms with van der Waals surface area (Å²) in [7, 11) is 0. The molecule has 0 unspecified atom stereocenters. The molecule has 13 heavy (non-hydrogen) atoms. The smallest absolute Gasteiger partial charge is 0.121 e. The van der Waals surface area contributed by atoms with Crippen molar-refractivity contribution in [1.29, 1.82) is 0 Å². The Morgan fingerprint density at radius 1 is 1.31 bits per heavy atom. The Bertz CT molecular complexity index is 317. The molecule has 0 heterocycles. The highest BCUT2D eigenvalue weighted by molar-refractivity contribution is 6.42. The van der Waals surface area contributed by atoms with Crippen molar-refractivity contribution in [3.05, 3.63) is 27.7 Å². The Hall–Kier alpha value is -0.480. The fourth-order valence-electron chi connectivity index (χ4n) is 0.976. The Balaban J connectivity index is 3.15. The number of hydrogen-bond donors (Lipinski definition) is 3. The molecule has 0 saturated carbocycles. The average Bonchev–Trinajstić information content (AvgIpc) is 2.10. The van der Waals surface area contributed by atoms with E-state index in [0.29, 0.717) is 15.6 Å². The predicted octanol–water partition coefficient (Wildman–Crippen LogP) is 1.66. The summed E-state index contributed by atoms with van der Waals surface area (Å²) in [5.74, 6) is 0.0207. The molecular weight excluding hydrogens is 211 g/mol. The lowest BCUT2D eigenvalue weighted by molar-refractivity contribution is 0.462. The van der Waals surface area contributed by atoms with Crippen LogP contribution < -0.4 is 11.5 Å². The number of phenolic OH excluding ortho intramolecular Hbond substituents is 1. The maximum Gasteiger partial charge on any atom is 0.121 e. The van der Waals surface area contributed by atoms with Crippen LogP contribution in [0.3, 0.4) is 0 Å². The minimum Gasteiger partial charge on any atom is -0.508 e. The molecule has 0 spiro atoms. The van der Waals surface area contributed by atoms with E-state index in [9.17, 15) is 5.11 Å². The zero-order chi connectivity index (χ0) is 10.0. The summed E-state index contributed by atoms with van der Waals surface area (Å²) in [6, 6.07) is 2.46. The third kappa shape index (κ3) is 2.25. The predicted molar refractivity (Wildman–Crippen MR) is 54.1 cm³/mol. The van der Waals surface area contributed by atoms with Crippen LogP contribution in [0, 0.1) is 0 Å².